The molecule has 7 nitrogen and oxygen atoms in total. The number of nitrogens with zero attached hydrogens (tertiary/aromatic N) is 1. The molecule has 0 bridgehead atoms. The maximum absolute atomic E-state index is 12.5. The molecular weight excluding hydrogens is 354 g/mol. The third-order valence-corrected chi connectivity index (χ3v) is 5.96. The molecule has 0 unspecified atom stereocenters. The van der Waals surface area contributed by atoms with Crippen LogP contribution in [0.3, 0.4) is 0 Å². The maximum atomic E-state index is 12.5. The highest BCUT2D eigenvalue weighted by molar-refractivity contribution is 7.89. The number of halogens is 1. The van der Waals surface area contributed by atoms with Gasteiger partial charge in [-0.05, 0) is 13.0 Å². The SMILES string of the molecule is O=S(=O)(NCCCN1CCNCC1)c1cc2c(cc1Cl)OCCO2. The van der Waals surface area contributed by atoms with Gasteiger partial charge in [-0.15, -0.1) is 0 Å². The Balaban J connectivity index is 1.58. The van der Waals surface area contributed by atoms with E-state index in [9.17, 15) is 8.42 Å². The minimum atomic E-state index is -3.68. The lowest BCUT2D eigenvalue weighted by Gasteiger charge is -2.27. The first kappa shape index (κ1) is 17.8. The van der Waals surface area contributed by atoms with Crippen LogP contribution in [0.2, 0.25) is 5.02 Å². The minimum absolute atomic E-state index is 0.0237. The number of piperazine rings is 1. The van der Waals surface area contributed by atoms with Crippen LogP contribution in [-0.2, 0) is 10.0 Å². The van der Waals surface area contributed by atoms with Crippen molar-refractivity contribution in [1.29, 1.82) is 0 Å². The van der Waals surface area contributed by atoms with Gasteiger partial charge in [0.15, 0.2) is 11.5 Å². The van der Waals surface area contributed by atoms with Crippen molar-refractivity contribution in [1.82, 2.24) is 14.9 Å². The van der Waals surface area contributed by atoms with Crippen LogP contribution in [-0.4, -0.2) is 65.8 Å². The second-order valence-electron chi connectivity index (χ2n) is 5.77. The van der Waals surface area contributed by atoms with Crippen LogP contribution in [0.4, 0.5) is 0 Å². The fourth-order valence-corrected chi connectivity index (χ4v) is 4.38. The van der Waals surface area contributed by atoms with Crippen molar-refractivity contribution < 1.29 is 17.9 Å². The molecule has 1 fully saturated rings. The summed E-state index contributed by atoms with van der Waals surface area (Å²) >= 11 is 6.11. The van der Waals surface area contributed by atoms with Gasteiger partial charge in [-0.2, -0.15) is 0 Å². The minimum Gasteiger partial charge on any atom is -0.486 e. The highest BCUT2D eigenvalue weighted by Crippen LogP contribution is 2.37. The standard InChI is InChI=1S/C15H22ClN3O4S/c16-12-10-13-14(23-9-8-22-13)11-15(12)24(20,21)18-2-1-5-19-6-3-17-4-7-19/h10-11,17-18H,1-9H2. The number of fused-ring (bicyclic) bond motifs is 1. The van der Waals surface area contributed by atoms with Gasteiger partial charge in [0.1, 0.15) is 18.1 Å². The van der Waals surface area contributed by atoms with Crippen LogP contribution in [0.15, 0.2) is 17.0 Å². The Morgan fingerprint density at radius 3 is 2.54 bits per heavy atom. The summed E-state index contributed by atoms with van der Waals surface area (Å²) < 4.78 is 38.4. The molecule has 0 saturated carbocycles. The van der Waals surface area contributed by atoms with E-state index < -0.39 is 10.0 Å². The van der Waals surface area contributed by atoms with E-state index in [0.29, 0.717) is 31.3 Å². The summed E-state index contributed by atoms with van der Waals surface area (Å²) in [5.41, 5.74) is 0. The Labute approximate surface area is 147 Å². The van der Waals surface area contributed by atoms with Crippen molar-refractivity contribution in [2.75, 3.05) is 52.5 Å². The second kappa shape index (κ2) is 7.88. The molecule has 0 atom stereocenters. The predicted octanol–water partition coefficient (Wildman–Crippen LogP) is 0.685. The van der Waals surface area contributed by atoms with E-state index in [1.807, 2.05) is 0 Å². The Morgan fingerprint density at radius 1 is 1.17 bits per heavy atom. The van der Waals surface area contributed by atoms with E-state index in [4.69, 9.17) is 21.1 Å². The smallest absolute Gasteiger partial charge is 0.242 e. The van der Waals surface area contributed by atoms with Crippen molar-refractivity contribution in [2.24, 2.45) is 0 Å². The van der Waals surface area contributed by atoms with Gasteiger partial charge in [0, 0.05) is 44.9 Å². The second-order valence-corrected chi connectivity index (χ2v) is 7.91. The molecule has 1 aromatic rings. The van der Waals surface area contributed by atoms with Crippen LogP contribution in [0, 0.1) is 0 Å². The summed E-state index contributed by atoms with van der Waals surface area (Å²) in [6.45, 7) is 6.04. The topological polar surface area (TPSA) is 79.9 Å². The fraction of sp³-hybridized carbons (Fsp3) is 0.600. The summed E-state index contributed by atoms with van der Waals surface area (Å²) in [7, 11) is -3.68. The first-order valence-electron chi connectivity index (χ1n) is 8.08. The fourth-order valence-electron chi connectivity index (χ4n) is 2.77. The largest absolute Gasteiger partial charge is 0.486 e. The monoisotopic (exact) mass is 375 g/mol. The Bertz CT molecular complexity index is 678. The average molecular weight is 376 g/mol. The molecule has 1 aromatic carbocycles. The van der Waals surface area contributed by atoms with Crippen LogP contribution >= 0.6 is 11.6 Å². The molecule has 0 spiro atoms. The highest BCUT2D eigenvalue weighted by Gasteiger charge is 2.23. The van der Waals surface area contributed by atoms with Crippen molar-refractivity contribution in [3.05, 3.63) is 17.2 Å². The molecule has 9 heteroatoms. The molecule has 3 rings (SSSR count). The number of sulfonamides is 1. The third-order valence-electron chi connectivity index (χ3n) is 4.04. The quantitative estimate of drug-likeness (QED) is 0.712. The number of ether oxygens (including phenoxy) is 2. The van der Waals surface area contributed by atoms with Gasteiger partial charge in [-0.25, -0.2) is 13.1 Å². The molecule has 0 aliphatic carbocycles. The van der Waals surface area contributed by atoms with Gasteiger partial charge < -0.3 is 19.7 Å². The lowest BCUT2D eigenvalue weighted by molar-refractivity contribution is 0.171. The molecular formula is C15H22ClN3O4S. The average Bonchev–Trinajstić information content (AvgIpc) is 2.59. The number of hydrogen-bond donors (Lipinski definition) is 2. The Hall–Kier alpha value is -1.06. The Morgan fingerprint density at radius 2 is 1.83 bits per heavy atom. The predicted molar refractivity (Wildman–Crippen MR) is 91.6 cm³/mol. The first-order valence-corrected chi connectivity index (χ1v) is 9.94. The van der Waals surface area contributed by atoms with Crippen molar-refractivity contribution in [3.8, 4) is 11.5 Å². The molecule has 1 saturated heterocycles. The number of nitrogens with one attached hydrogen (secondary N) is 2. The van der Waals surface area contributed by atoms with E-state index in [1.54, 1.807) is 0 Å². The third kappa shape index (κ3) is 4.31. The van der Waals surface area contributed by atoms with E-state index >= 15 is 0 Å². The van der Waals surface area contributed by atoms with E-state index in [-0.39, 0.29) is 9.92 Å². The van der Waals surface area contributed by atoms with Crippen molar-refractivity contribution >= 4 is 21.6 Å². The summed E-state index contributed by atoms with van der Waals surface area (Å²) in [5, 5.41) is 3.43. The molecule has 134 valence electrons. The van der Waals surface area contributed by atoms with Crippen LogP contribution in [0.5, 0.6) is 11.5 Å². The maximum Gasteiger partial charge on any atom is 0.242 e. The highest BCUT2D eigenvalue weighted by atomic mass is 35.5. The summed E-state index contributed by atoms with van der Waals surface area (Å²) in [4.78, 5) is 2.34. The molecule has 0 radical (unpaired) electrons. The zero-order valence-electron chi connectivity index (χ0n) is 13.4. The molecule has 24 heavy (non-hydrogen) atoms. The van der Waals surface area contributed by atoms with E-state index in [1.165, 1.54) is 12.1 Å². The zero-order valence-corrected chi connectivity index (χ0v) is 15.0. The summed E-state index contributed by atoms with van der Waals surface area (Å²) in [6, 6.07) is 2.92. The zero-order chi connectivity index (χ0) is 17.0. The Kier molecular flexibility index (Phi) is 5.83. The first-order chi connectivity index (χ1) is 11.6. The number of hydrogen-bond acceptors (Lipinski definition) is 6. The lowest BCUT2D eigenvalue weighted by atomic mass is 10.3. The number of rotatable bonds is 6. The van der Waals surface area contributed by atoms with Gasteiger partial charge in [-0.1, -0.05) is 11.6 Å². The van der Waals surface area contributed by atoms with Gasteiger partial charge in [0.2, 0.25) is 10.0 Å². The molecule has 2 heterocycles. The van der Waals surface area contributed by atoms with E-state index in [2.05, 4.69) is 14.9 Å². The van der Waals surface area contributed by atoms with Gasteiger partial charge >= 0.3 is 0 Å². The van der Waals surface area contributed by atoms with Gasteiger partial charge in [-0.3, -0.25) is 0 Å². The molecule has 2 aliphatic rings. The van der Waals surface area contributed by atoms with Crippen molar-refractivity contribution in [2.45, 2.75) is 11.3 Å². The van der Waals surface area contributed by atoms with Gasteiger partial charge in [0.05, 0.1) is 5.02 Å². The molecule has 0 amide bonds. The van der Waals surface area contributed by atoms with Gasteiger partial charge in [0.25, 0.3) is 0 Å². The van der Waals surface area contributed by atoms with E-state index in [0.717, 1.165) is 39.1 Å². The van der Waals surface area contributed by atoms with Crippen molar-refractivity contribution in [3.63, 3.8) is 0 Å². The number of benzene rings is 1. The lowest BCUT2D eigenvalue weighted by Crippen LogP contribution is -2.44. The molecule has 2 aliphatic heterocycles. The van der Waals surface area contributed by atoms with Crippen LogP contribution in [0.25, 0.3) is 0 Å². The molecule has 2 N–H and O–H groups in total. The normalized spacial score (nSPS) is 18.5. The van der Waals surface area contributed by atoms with Crippen LogP contribution in [0.1, 0.15) is 6.42 Å². The summed E-state index contributed by atoms with van der Waals surface area (Å²) in [6.07, 6.45) is 0.751. The van der Waals surface area contributed by atoms with Crippen LogP contribution < -0.4 is 19.5 Å². The molecule has 0 aromatic heterocycles. The summed E-state index contributed by atoms with van der Waals surface area (Å²) in [5.74, 6) is 0.885.